The molecule has 0 unspecified atom stereocenters. The molecule has 2 aromatic heterocycles. The van der Waals surface area contributed by atoms with Crippen LogP contribution in [0, 0.1) is 0 Å². The SMILES string of the molecule is COCCc1noc([C@H](N)Cc2cnc[nH]2)n1. The number of ether oxygens (including phenoxy) is 1. The van der Waals surface area contributed by atoms with E-state index in [1.807, 2.05) is 0 Å². The minimum atomic E-state index is -0.320. The Morgan fingerprint density at radius 2 is 2.47 bits per heavy atom. The Balaban J connectivity index is 1.94. The van der Waals surface area contributed by atoms with Crippen LogP contribution in [0.3, 0.4) is 0 Å². The zero-order valence-corrected chi connectivity index (χ0v) is 9.59. The molecule has 2 rings (SSSR count). The zero-order valence-electron chi connectivity index (χ0n) is 9.59. The largest absolute Gasteiger partial charge is 0.384 e. The molecule has 0 aliphatic carbocycles. The van der Waals surface area contributed by atoms with Crippen molar-refractivity contribution in [3.63, 3.8) is 0 Å². The van der Waals surface area contributed by atoms with Crippen LogP contribution in [0.2, 0.25) is 0 Å². The number of nitrogens with two attached hydrogens (primary N) is 1. The lowest BCUT2D eigenvalue weighted by molar-refractivity contribution is 0.199. The number of aromatic nitrogens is 4. The van der Waals surface area contributed by atoms with E-state index in [0.717, 1.165) is 5.69 Å². The van der Waals surface area contributed by atoms with Crippen LogP contribution in [-0.4, -0.2) is 33.8 Å². The predicted molar refractivity (Wildman–Crippen MR) is 59.1 cm³/mol. The van der Waals surface area contributed by atoms with Gasteiger partial charge in [-0.15, -0.1) is 0 Å². The number of imidazole rings is 1. The summed E-state index contributed by atoms with van der Waals surface area (Å²) in [5.41, 5.74) is 6.89. The summed E-state index contributed by atoms with van der Waals surface area (Å²) in [6, 6.07) is -0.320. The first-order chi connectivity index (χ1) is 8.29. The lowest BCUT2D eigenvalue weighted by atomic mass is 10.2. The molecule has 7 nitrogen and oxygen atoms in total. The number of nitrogens with one attached hydrogen (secondary N) is 1. The molecule has 0 radical (unpaired) electrons. The van der Waals surface area contributed by atoms with Crippen LogP contribution < -0.4 is 5.73 Å². The highest BCUT2D eigenvalue weighted by atomic mass is 16.5. The summed E-state index contributed by atoms with van der Waals surface area (Å²) < 4.78 is 10.0. The predicted octanol–water partition coefficient (Wildman–Crippen LogP) is 0.224. The molecule has 0 aliphatic rings. The maximum atomic E-state index is 5.95. The molecule has 0 saturated carbocycles. The van der Waals surface area contributed by atoms with Crippen molar-refractivity contribution in [1.82, 2.24) is 20.1 Å². The lowest BCUT2D eigenvalue weighted by Crippen LogP contribution is -2.14. The first-order valence-corrected chi connectivity index (χ1v) is 5.34. The van der Waals surface area contributed by atoms with Crippen molar-refractivity contribution in [2.24, 2.45) is 5.73 Å². The van der Waals surface area contributed by atoms with Crippen LogP contribution in [0.1, 0.15) is 23.5 Å². The second kappa shape index (κ2) is 5.55. The first-order valence-electron chi connectivity index (χ1n) is 5.34. The molecule has 1 atom stereocenters. The molecule has 92 valence electrons. The molecular formula is C10H15N5O2. The molecule has 0 spiro atoms. The van der Waals surface area contributed by atoms with Gasteiger partial charge < -0.3 is 20.0 Å². The van der Waals surface area contributed by atoms with E-state index in [1.165, 1.54) is 0 Å². The molecule has 0 saturated heterocycles. The summed E-state index contributed by atoms with van der Waals surface area (Å²) in [4.78, 5) is 11.1. The minimum absolute atomic E-state index is 0.320. The molecule has 2 heterocycles. The topological polar surface area (TPSA) is 103 Å². The van der Waals surface area contributed by atoms with Crippen molar-refractivity contribution in [2.45, 2.75) is 18.9 Å². The van der Waals surface area contributed by atoms with Crippen molar-refractivity contribution >= 4 is 0 Å². The summed E-state index contributed by atoms with van der Waals surface area (Å²) in [5, 5.41) is 3.83. The van der Waals surface area contributed by atoms with Gasteiger partial charge in [-0.1, -0.05) is 5.16 Å². The smallest absolute Gasteiger partial charge is 0.243 e. The van der Waals surface area contributed by atoms with Crippen molar-refractivity contribution in [3.8, 4) is 0 Å². The Kier molecular flexibility index (Phi) is 3.84. The van der Waals surface area contributed by atoms with E-state index in [-0.39, 0.29) is 6.04 Å². The summed E-state index contributed by atoms with van der Waals surface area (Å²) in [7, 11) is 1.63. The highest BCUT2D eigenvalue weighted by molar-refractivity contribution is 5.02. The second-order valence-electron chi connectivity index (χ2n) is 3.68. The van der Waals surface area contributed by atoms with Gasteiger partial charge in [0.25, 0.3) is 0 Å². The maximum absolute atomic E-state index is 5.95. The summed E-state index contributed by atoms with van der Waals surface area (Å²) in [6.45, 7) is 0.564. The van der Waals surface area contributed by atoms with E-state index in [0.29, 0.717) is 31.2 Å². The Morgan fingerprint density at radius 1 is 1.59 bits per heavy atom. The summed E-state index contributed by atoms with van der Waals surface area (Å²) in [5.74, 6) is 1.05. The fraction of sp³-hybridized carbons (Fsp3) is 0.500. The van der Waals surface area contributed by atoms with Gasteiger partial charge >= 0.3 is 0 Å². The molecule has 3 N–H and O–H groups in total. The molecule has 0 bridgehead atoms. The maximum Gasteiger partial charge on any atom is 0.243 e. The van der Waals surface area contributed by atoms with E-state index in [9.17, 15) is 0 Å². The summed E-state index contributed by atoms with van der Waals surface area (Å²) in [6.07, 6.45) is 4.55. The standard InChI is InChI=1S/C10H15N5O2/c1-16-3-2-9-14-10(17-15-9)8(11)4-7-5-12-6-13-7/h5-6,8H,2-4,11H2,1H3,(H,12,13)/t8-/m1/s1. The van der Waals surface area contributed by atoms with E-state index in [2.05, 4.69) is 20.1 Å². The average molecular weight is 237 g/mol. The van der Waals surface area contributed by atoms with E-state index in [4.69, 9.17) is 15.0 Å². The van der Waals surface area contributed by atoms with Crippen LogP contribution in [0.5, 0.6) is 0 Å². The fourth-order valence-electron chi connectivity index (χ4n) is 1.43. The van der Waals surface area contributed by atoms with Gasteiger partial charge in [0, 0.05) is 31.8 Å². The van der Waals surface area contributed by atoms with Crippen molar-refractivity contribution < 1.29 is 9.26 Å². The number of nitrogens with zero attached hydrogens (tertiary/aromatic N) is 3. The Morgan fingerprint density at radius 3 is 3.18 bits per heavy atom. The minimum Gasteiger partial charge on any atom is -0.384 e. The highest BCUT2D eigenvalue weighted by Gasteiger charge is 2.15. The number of aromatic amines is 1. The average Bonchev–Trinajstić information content (AvgIpc) is 2.96. The molecule has 0 aliphatic heterocycles. The molecule has 0 aromatic carbocycles. The van der Waals surface area contributed by atoms with E-state index >= 15 is 0 Å². The molecule has 0 amide bonds. The van der Waals surface area contributed by atoms with Crippen molar-refractivity contribution in [3.05, 3.63) is 29.9 Å². The Labute approximate surface area is 98.4 Å². The summed E-state index contributed by atoms with van der Waals surface area (Å²) >= 11 is 0. The highest BCUT2D eigenvalue weighted by Crippen LogP contribution is 2.12. The van der Waals surface area contributed by atoms with Crippen LogP contribution in [0.4, 0.5) is 0 Å². The first kappa shape index (κ1) is 11.7. The number of hydrogen-bond acceptors (Lipinski definition) is 6. The van der Waals surface area contributed by atoms with Crippen LogP contribution in [-0.2, 0) is 17.6 Å². The van der Waals surface area contributed by atoms with Crippen molar-refractivity contribution in [2.75, 3.05) is 13.7 Å². The number of rotatable bonds is 6. The van der Waals surface area contributed by atoms with Gasteiger partial charge in [-0.05, 0) is 0 Å². The molecule has 7 heteroatoms. The van der Waals surface area contributed by atoms with Crippen LogP contribution in [0.15, 0.2) is 17.0 Å². The monoisotopic (exact) mass is 237 g/mol. The van der Waals surface area contributed by atoms with Crippen LogP contribution >= 0.6 is 0 Å². The molecular weight excluding hydrogens is 222 g/mol. The van der Waals surface area contributed by atoms with Gasteiger partial charge in [-0.2, -0.15) is 4.98 Å². The third-order valence-electron chi connectivity index (χ3n) is 2.33. The fourth-order valence-corrected chi connectivity index (χ4v) is 1.43. The Hall–Kier alpha value is -1.73. The number of hydrogen-bond donors (Lipinski definition) is 2. The third-order valence-corrected chi connectivity index (χ3v) is 2.33. The van der Waals surface area contributed by atoms with E-state index < -0.39 is 0 Å². The number of H-pyrrole nitrogens is 1. The van der Waals surface area contributed by atoms with Gasteiger partial charge in [-0.3, -0.25) is 0 Å². The van der Waals surface area contributed by atoms with Gasteiger partial charge in [0.2, 0.25) is 5.89 Å². The lowest BCUT2D eigenvalue weighted by Gasteiger charge is -2.03. The Bertz CT molecular complexity index is 439. The quantitative estimate of drug-likeness (QED) is 0.745. The van der Waals surface area contributed by atoms with Gasteiger partial charge in [0.1, 0.15) is 0 Å². The molecule has 2 aromatic rings. The van der Waals surface area contributed by atoms with Gasteiger partial charge in [-0.25, -0.2) is 4.98 Å². The normalized spacial score (nSPS) is 12.8. The molecule has 17 heavy (non-hydrogen) atoms. The van der Waals surface area contributed by atoms with Crippen LogP contribution in [0.25, 0.3) is 0 Å². The second-order valence-corrected chi connectivity index (χ2v) is 3.68. The molecule has 0 fully saturated rings. The zero-order chi connectivity index (χ0) is 12.1. The number of methoxy groups -OCH3 is 1. The van der Waals surface area contributed by atoms with E-state index in [1.54, 1.807) is 19.6 Å². The van der Waals surface area contributed by atoms with Gasteiger partial charge in [0.05, 0.1) is 19.0 Å². The van der Waals surface area contributed by atoms with Crippen molar-refractivity contribution in [1.29, 1.82) is 0 Å². The van der Waals surface area contributed by atoms with Gasteiger partial charge in [0.15, 0.2) is 5.82 Å². The third kappa shape index (κ3) is 3.11.